The standard InChI is InChI=1S/C36H32N2O7/c1-42-23-13-11-22(12-14-23)21-38-34(40)36(37-35(38)41,30-19-28(30)33(39)44-25-17-15-24(43-2)16-18-25)20-29-26-7-3-5-9-31(26)45-32-10-6-4-8-27(29)32/h3-18,28-30H,19-21H2,1-2H3,(H,37,41)/t28-,30-,36+/m0/s1. The second-order valence-electron chi connectivity index (χ2n) is 11.6. The number of ether oxygens (including phenoxy) is 4. The van der Waals surface area contributed by atoms with E-state index < -0.39 is 29.4 Å². The zero-order valence-corrected chi connectivity index (χ0v) is 24.9. The summed E-state index contributed by atoms with van der Waals surface area (Å²) in [6.45, 7) is 0.0883. The van der Waals surface area contributed by atoms with Crippen LogP contribution in [0.4, 0.5) is 4.79 Å². The van der Waals surface area contributed by atoms with Gasteiger partial charge in [-0.1, -0.05) is 48.5 Å². The van der Waals surface area contributed by atoms with Crippen LogP contribution < -0.4 is 24.3 Å². The molecule has 2 heterocycles. The molecule has 1 N–H and O–H groups in total. The molecule has 228 valence electrons. The summed E-state index contributed by atoms with van der Waals surface area (Å²) in [5, 5.41) is 3.09. The number of imide groups is 1. The van der Waals surface area contributed by atoms with Crippen LogP contribution in [0.3, 0.4) is 0 Å². The van der Waals surface area contributed by atoms with Gasteiger partial charge in [0.15, 0.2) is 0 Å². The Hall–Kier alpha value is -5.31. The quantitative estimate of drug-likeness (QED) is 0.141. The molecule has 1 saturated heterocycles. The van der Waals surface area contributed by atoms with Crippen LogP contribution in [0.15, 0.2) is 97.1 Å². The Morgan fingerprint density at radius 2 is 1.38 bits per heavy atom. The highest BCUT2D eigenvalue weighted by Crippen LogP contribution is 2.56. The summed E-state index contributed by atoms with van der Waals surface area (Å²) >= 11 is 0. The van der Waals surface area contributed by atoms with Crippen molar-refractivity contribution >= 4 is 17.9 Å². The number of hydrogen-bond donors (Lipinski definition) is 1. The molecule has 3 aliphatic rings. The first-order valence-electron chi connectivity index (χ1n) is 14.9. The summed E-state index contributed by atoms with van der Waals surface area (Å²) in [5.41, 5.74) is 1.28. The lowest BCUT2D eigenvalue weighted by Gasteiger charge is -2.35. The highest BCUT2D eigenvalue weighted by molar-refractivity contribution is 6.08. The summed E-state index contributed by atoms with van der Waals surface area (Å²) in [6.07, 6.45) is 0.662. The van der Waals surface area contributed by atoms with E-state index in [2.05, 4.69) is 5.32 Å². The van der Waals surface area contributed by atoms with Crippen LogP contribution in [0.2, 0.25) is 0 Å². The Bertz CT molecular complexity index is 1730. The van der Waals surface area contributed by atoms with E-state index >= 15 is 0 Å². The first-order chi connectivity index (χ1) is 21.9. The van der Waals surface area contributed by atoms with Crippen molar-refractivity contribution in [1.82, 2.24) is 10.2 Å². The van der Waals surface area contributed by atoms with Gasteiger partial charge >= 0.3 is 12.0 Å². The molecule has 0 aromatic heterocycles. The van der Waals surface area contributed by atoms with E-state index in [0.717, 1.165) is 16.7 Å². The first-order valence-corrected chi connectivity index (χ1v) is 14.9. The molecule has 4 aromatic rings. The third-order valence-corrected chi connectivity index (χ3v) is 9.04. The largest absolute Gasteiger partial charge is 0.497 e. The predicted octanol–water partition coefficient (Wildman–Crippen LogP) is 6.06. The molecule has 3 amide bonds. The van der Waals surface area contributed by atoms with Crippen molar-refractivity contribution in [2.75, 3.05) is 14.2 Å². The fourth-order valence-corrected chi connectivity index (χ4v) is 6.63. The minimum Gasteiger partial charge on any atom is -0.497 e. The Kier molecular flexibility index (Phi) is 7.16. The molecule has 4 aromatic carbocycles. The monoisotopic (exact) mass is 604 g/mol. The maximum absolute atomic E-state index is 14.6. The average Bonchev–Trinajstić information content (AvgIpc) is 3.85. The van der Waals surface area contributed by atoms with E-state index in [4.69, 9.17) is 18.9 Å². The van der Waals surface area contributed by atoms with Gasteiger partial charge in [-0.05, 0) is 66.9 Å². The number of methoxy groups -OCH3 is 2. The molecule has 9 nitrogen and oxygen atoms in total. The number of rotatable bonds is 9. The number of carbonyl (C=O) groups excluding carboxylic acids is 3. The smallest absolute Gasteiger partial charge is 0.325 e. The first kappa shape index (κ1) is 28.5. The van der Waals surface area contributed by atoms with Crippen LogP contribution in [0, 0.1) is 11.8 Å². The van der Waals surface area contributed by atoms with Gasteiger partial charge in [-0.25, -0.2) is 4.79 Å². The topological polar surface area (TPSA) is 103 Å². The molecule has 2 fully saturated rings. The van der Waals surface area contributed by atoms with E-state index in [1.807, 2.05) is 60.7 Å². The molecule has 3 atom stereocenters. The normalized spacial score (nSPS) is 21.7. The molecule has 0 spiro atoms. The average molecular weight is 605 g/mol. The van der Waals surface area contributed by atoms with E-state index in [1.54, 1.807) is 50.6 Å². The summed E-state index contributed by atoms with van der Waals surface area (Å²) in [4.78, 5) is 42.9. The lowest BCUT2D eigenvalue weighted by atomic mass is 9.75. The van der Waals surface area contributed by atoms with Crippen molar-refractivity contribution < 1.29 is 33.3 Å². The maximum Gasteiger partial charge on any atom is 0.325 e. The molecular weight excluding hydrogens is 572 g/mol. The zero-order chi connectivity index (χ0) is 31.1. The van der Waals surface area contributed by atoms with Gasteiger partial charge in [0, 0.05) is 23.0 Å². The van der Waals surface area contributed by atoms with Gasteiger partial charge in [0.25, 0.3) is 5.91 Å². The van der Waals surface area contributed by atoms with Crippen LogP contribution in [0.25, 0.3) is 0 Å². The van der Waals surface area contributed by atoms with Gasteiger partial charge in [-0.15, -0.1) is 0 Å². The van der Waals surface area contributed by atoms with Crippen molar-refractivity contribution in [3.8, 4) is 28.7 Å². The summed E-state index contributed by atoms with van der Waals surface area (Å²) in [6, 6.07) is 29.0. The van der Waals surface area contributed by atoms with E-state index in [1.165, 1.54) is 4.90 Å². The van der Waals surface area contributed by atoms with Crippen LogP contribution in [0.1, 0.15) is 35.4 Å². The van der Waals surface area contributed by atoms with Crippen LogP contribution in [0.5, 0.6) is 28.7 Å². The molecule has 0 unspecified atom stereocenters. The van der Waals surface area contributed by atoms with E-state index in [-0.39, 0.29) is 24.8 Å². The van der Waals surface area contributed by atoms with Crippen LogP contribution in [-0.2, 0) is 16.1 Å². The number of esters is 1. The summed E-state index contributed by atoms with van der Waals surface area (Å²) in [7, 11) is 3.15. The van der Waals surface area contributed by atoms with Crippen molar-refractivity contribution in [1.29, 1.82) is 0 Å². The fourth-order valence-electron chi connectivity index (χ4n) is 6.63. The van der Waals surface area contributed by atoms with Crippen LogP contribution in [-0.4, -0.2) is 42.6 Å². The summed E-state index contributed by atoms with van der Waals surface area (Å²) in [5.74, 6) is 1.03. The van der Waals surface area contributed by atoms with Crippen molar-refractivity contribution in [2.45, 2.75) is 30.8 Å². The third kappa shape index (κ3) is 5.14. The van der Waals surface area contributed by atoms with Gasteiger partial charge in [0.1, 0.15) is 34.3 Å². The summed E-state index contributed by atoms with van der Waals surface area (Å²) < 4.78 is 22.4. The highest BCUT2D eigenvalue weighted by Gasteiger charge is 2.66. The van der Waals surface area contributed by atoms with E-state index in [9.17, 15) is 14.4 Å². The van der Waals surface area contributed by atoms with Gasteiger partial charge in [0.05, 0.1) is 26.7 Å². The second kappa shape index (κ2) is 11.3. The van der Waals surface area contributed by atoms with E-state index in [0.29, 0.717) is 35.2 Å². The van der Waals surface area contributed by atoms with Gasteiger partial charge in [-0.2, -0.15) is 0 Å². The Morgan fingerprint density at radius 1 is 0.822 bits per heavy atom. The van der Waals surface area contributed by atoms with Crippen molar-refractivity contribution in [3.05, 3.63) is 114 Å². The second-order valence-corrected chi connectivity index (χ2v) is 11.6. The number of carbonyl (C=O) groups is 3. The molecule has 2 aliphatic heterocycles. The molecule has 9 heteroatoms. The van der Waals surface area contributed by atoms with Gasteiger partial charge in [0.2, 0.25) is 0 Å². The Balaban J connectivity index is 1.23. The Morgan fingerprint density at radius 3 is 1.98 bits per heavy atom. The molecule has 45 heavy (non-hydrogen) atoms. The maximum atomic E-state index is 14.6. The molecular formula is C36H32N2O7. The number of urea groups is 1. The minimum atomic E-state index is -1.34. The molecule has 7 rings (SSSR count). The highest BCUT2D eigenvalue weighted by atomic mass is 16.5. The molecule has 1 aliphatic carbocycles. The SMILES string of the molecule is COc1ccc(CN2C(=O)N[C@](CC3c4ccccc4Oc4ccccc43)([C@H]3C[C@@H]3C(=O)Oc3ccc(OC)cc3)C2=O)cc1. The van der Waals surface area contributed by atoms with Gasteiger partial charge < -0.3 is 24.3 Å². The number of benzene rings is 4. The number of nitrogens with one attached hydrogen (secondary N) is 1. The molecule has 0 bridgehead atoms. The lowest BCUT2D eigenvalue weighted by molar-refractivity contribution is -0.137. The molecule has 1 saturated carbocycles. The number of amides is 3. The van der Waals surface area contributed by atoms with Crippen molar-refractivity contribution in [2.24, 2.45) is 11.8 Å². The zero-order valence-electron chi connectivity index (χ0n) is 24.9. The predicted molar refractivity (Wildman–Crippen MR) is 164 cm³/mol. The number of para-hydroxylation sites is 2. The third-order valence-electron chi connectivity index (χ3n) is 9.04. The van der Waals surface area contributed by atoms with Crippen LogP contribution >= 0.6 is 0 Å². The minimum absolute atomic E-state index is 0.0883. The van der Waals surface area contributed by atoms with Gasteiger partial charge in [-0.3, -0.25) is 14.5 Å². The number of fused-ring (bicyclic) bond motifs is 2. The fraction of sp³-hybridized carbons (Fsp3) is 0.250. The van der Waals surface area contributed by atoms with Crippen molar-refractivity contribution in [3.63, 3.8) is 0 Å². The molecule has 0 radical (unpaired) electrons. The number of nitrogens with zero attached hydrogens (tertiary/aromatic N) is 1. The number of hydrogen-bond acceptors (Lipinski definition) is 7. The lowest BCUT2D eigenvalue weighted by Crippen LogP contribution is -2.51. The Labute approximate surface area is 260 Å².